The summed E-state index contributed by atoms with van der Waals surface area (Å²) >= 11 is 0. The van der Waals surface area contributed by atoms with Gasteiger partial charge in [-0.1, -0.05) is 41.0 Å². The third-order valence-corrected chi connectivity index (χ3v) is 5.62. The van der Waals surface area contributed by atoms with E-state index in [4.69, 9.17) is 5.73 Å². The molecule has 0 spiro atoms. The van der Waals surface area contributed by atoms with Crippen molar-refractivity contribution in [1.82, 2.24) is 4.90 Å². The maximum absolute atomic E-state index is 6.20. The molecule has 0 bridgehead atoms. The highest BCUT2D eigenvalue weighted by Gasteiger charge is 2.37. The van der Waals surface area contributed by atoms with Crippen LogP contribution in [0, 0.1) is 17.8 Å². The van der Waals surface area contributed by atoms with E-state index in [1.165, 1.54) is 45.2 Å². The second-order valence-corrected chi connectivity index (χ2v) is 7.07. The Balaban J connectivity index is 2.67. The smallest absolute Gasteiger partial charge is 0.0331 e. The molecule has 1 aliphatic rings. The van der Waals surface area contributed by atoms with Crippen LogP contribution in [0.4, 0.5) is 0 Å². The van der Waals surface area contributed by atoms with Crippen LogP contribution in [0.1, 0.15) is 66.7 Å². The van der Waals surface area contributed by atoms with Gasteiger partial charge in [-0.3, -0.25) is 4.90 Å². The Labute approximate surface area is 121 Å². The van der Waals surface area contributed by atoms with Crippen LogP contribution in [0.3, 0.4) is 0 Å². The Morgan fingerprint density at radius 1 is 1.16 bits per heavy atom. The molecule has 1 fully saturated rings. The molecule has 0 aromatic carbocycles. The molecule has 1 rings (SSSR count). The third kappa shape index (κ3) is 4.19. The van der Waals surface area contributed by atoms with Crippen LogP contribution in [0.2, 0.25) is 0 Å². The van der Waals surface area contributed by atoms with Gasteiger partial charge in [-0.15, -0.1) is 0 Å². The minimum Gasteiger partial charge on any atom is -0.329 e. The average molecular weight is 268 g/mol. The van der Waals surface area contributed by atoms with Gasteiger partial charge in [-0.2, -0.15) is 0 Å². The Morgan fingerprint density at radius 3 is 2.11 bits per heavy atom. The van der Waals surface area contributed by atoms with E-state index in [0.717, 1.165) is 24.3 Å². The molecular formula is C17H36N2. The van der Waals surface area contributed by atoms with Gasteiger partial charge in [0, 0.05) is 12.1 Å². The first-order valence-electron chi connectivity index (χ1n) is 8.44. The largest absolute Gasteiger partial charge is 0.329 e. The normalized spacial score (nSPS) is 23.5. The summed E-state index contributed by atoms with van der Waals surface area (Å²) in [6, 6.07) is 0. The molecular weight excluding hydrogens is 232 g/mol. The SMILES string of the molecule is CCC(C)CC(CC)(CN)N1CCC(C(C)C)CC1. The summed E-state index contributed by atoms with van der Waals surface area (Å²) in [4.78, 5) is 2.72. The molecule has 2 nitrogen and oxygen atoms in total. The summed E-state index contributed by atoms with van der Waals surface area (Å²) < 4.78 is 0. The number of nitrogens with zero attached hydrogens (tertiary/aromatic N) is 1. The molecule has 0 amide bonds. The summed E-state index contributed by atoms with van der Waals surface area (Å²) in [5.41, 5.74) is 6.47. The second kappa shape index (κ2) is 7.64. The van der Waals surface area contributed by atoms with Gasteiger partial charge in [0.05, 0.1) is 0 Å². The first-order chi connectivity index (χ1) is 8.99. The van der Waals surface area contributed by atoms with E-state index in [1.807, 2.05) is 0 Å². The fourth-order valence-electron chi connectivity index (χ4n) is 3.69. The first-order valence-corrected chi connectivity index (χ1v) is 8.44. The lowest BCUT2D eigenvalue weighted by Crippen LogP contribution is -2.57. The molecule has 0 radical (unpaired) electrons. The standard InChI is InChI=1S/C17H36N2/c1-6-15(5)12-17(7-2,13-18)19-10-8-16(9-11-19)14(3)4/h14-16H,6-13,18H2,1-5H3. The van der Waals surface area contributed by atoms with E-state index >= 15 is 0 Å². The Kier molecular flexibility index (Phi) is 6.82. The van der Waals surface area contributed by atoms with Crippen LogP contribution in [-0.4, -0.2) is 30.1 Å². The number of piperidine rings is 1. The lowest BCUT2D eigenvalue weighted by molar-refractivity contribution is 0.0266. The molecule has 19 heavy (non-hydrogen) atoms. The number of likely N-dealkylation sites (tertiary alicyclic amines) is 1. The predicted octanol–water partition coefficient (Wildman–Crippen LogP) is 3.90. The van der Waals surface area contributed by atoms with Crippen molar-refractivity contribution in [3.05, 3.63) is 0 Å². The number of rotatable bonds is 7. The van der Waals surface area contributed by atoms with E-state index in [1.54, 1.807) is 0 Å². The Bertz CT molecular complexity index is 238. The molecule has 2 N–H and O–H groups in total. The summed E-state index contributed by atoms with van der Waals surface area (Å²) in [7, 11) is 0. The van der Waals surface area contributed by atoms with Crippen LogP contribution < -0.4 is 5.73 Å². The summed E-state index contributed by atoms with van der Waals surface area (Å²) in [5.74, 6) is 2.55. The van der Waals surface area contributed by atoms with Crippen molar-refractivity contribution in [3.63, 3.8) is 0 Å². The van der Waals surface area contributed by atoms with E-state index in [-0.39, 0.29) is 5.54 Å². The van der Waals surface area contributed by atoms with Gasteiger partial charge in [0.15, 0.2) is 0 Å². The van der Waals surface area contributed by atoms with Crippen molar-refractivity contribution >= 4 is 0 Å². The lowest BCUT2D eigenvalue weighted by Gasteiger charge is -2.48. The quantitative estimate of drug-likeness (QED) is 0.759. The second-order valence-electron chi connectivity index (χ2n) is 7.07. The predicted molar refractivity (Wildman–Crippen MR) is 85.3 cm³/mol. The highest BCUT2D eigenvalue weighted by atomic mass is 15.2. The molecule has 0 aliphatic carbocycles. The number of nitrogens with two attached hydrogens (primary N) is 1. The lowest BCUT2D eigenvalue weighted by atomic mass is 9.79. The molecule has 2 unspecified atom stereocenters. The van der Waals surface area contributed by atoms with Gasteiger partial charge in [0.1, 0.15) is 0 Å². The Morgan fingerprint density at radius 2 is 1.74 bits per heavy atom. The van der Waals surface area contributed by atoms with Gasteiger partial charge >= 0.3 is 0 Å². The van der Waals surface area contributed by atoms with Crippen molar-refractivity contribution < 1.29 is 0 Å². The first kappa shape index (κ1) is 17.0. The van der Waals surface area contributed by atoms with E-state index < -0.39 is 0 Å². The van der Waals surface area contributed by atoms with Gasteiger partial charge in [-0.05, 0) is 56.5 Å². The van der Waals surface area contributed by atoms with Crippen LogP contribution in [0.25, 0.3) is 0 Å². The molecule has 1 saturated heterocycles. The fraction of sp³-hybridized carbons (Fsp3) is 1.00. The molecule has 1 heterocycles. The van der Waals surface area contributed by atoms with Crippen molar-refractivity contribution in [2.45, 2.75) is 72.3 Å². The Hall–Kier alpha value is -0.0800. The minimum atomic E-state index is 0.261. The maximum Gasteiger partial charge on any atom is 0.0331 e. The third-order valence-electron chi connectivity index (χ3n) is 5.62. The fourth-order valence-corrected chi connectivity index (χ4v) is 3.69. The summed E-state index contributed by atoms with van der Waals surface area (Å²) in [6.07, 6.45) is 6.45. The van der Waals surface area contributed by atoms with Crippen molar-refractivity contribution in [2.75, 3.05) is 19.6 Å². The van der Waals surface area contributed by atoms with Crippen molar-refractivity contribution in [1.29, 1.82) is 0 Å². The zero-order valence-electron chi connectivity index (χ0n) is 13.9. The zero-order valence-corrected chi connectivity index (χ0v) is 13.9. The maximum atomic E-state index is 6.20. The number of hydrogen-bond donors (Lipinski definition) is 1. The average Bonchev–Trinajstić information content (AvgIpc) is 2.44. The molecule has 2 heteroatoms. The van der Waals surface area contributed by atoms with Crippen molar-refractivity contribution in [2.24, 2.45) is 23.5 Å². The zero-order chi connectivity index (χ0) is 14.5. The summed E-state index contributed by atoms with van der Waals surface area (Å²) in [5, 5.41) is 0. The van der Waals surface area contributed by atoms with Gasteiger partial charge in [0.2, 0.25) is 0 Å². The van der Waals surface area contributed by atoms with Gasteiger partial charge in [-0.25, -0.2) is 0 Å². The monoisotopic (exact) mass is 268 g/mol. The van der Waals surface area contributed by atoms with Crippen LogP contribution >= 0.6 is 0 Å². The van der Waals surface area contributed by atoms with Gasteiger partial charge < -0.3 is 5.73 Å². The highest BCUT2D eigenvalue weighted by molar-refractivity contribution is 4.94. The minimum absolute atomic E-state index is 0.261. The molecule has 114 valence electrons. The molecule has 1 aliphatic heterocycles. The van der Waals surface area contributed by atoms with Crippen molar-refractivity contribution in [3.8, 4) is 0 Å². The topological polar surface area (TPSA) is 29.3 Å². The highest BCUT2D eigenvalue weighted by Crippen LogP contribution is 2.34. The van der Waals surface area contributed by atoms with Crippen LogP contribution in [0.5, 0.6) is 0 Å². The van der Waals surface area contributed by atoms with E-state index in [2.05, 4.69) is 39.5 Å². The van der Waals surface area contributed by atoms with Gasteiger partial charge in [0.25, 0.3) is 0 Å². The molecule has 2 atom stereocenters. The van der Waals surface area contributed by atoms with Crippen LogP contribution in [-0.2, 0) is 0 Å². The molecule has 0 saturated carbocycles. The van der Waals surface area contributed by atoms with E-state index in [9.17, 15) is 0 Å². The molecule has 0 aromatic heterocycles. The summed E-state index contributed by atoms with van der Waals surface area (Å²) in [6.45, 7) is 15.1. The number of hydrogen-bond acceptors (Lipinski definition) is 2. The molecule has 0 aromatic rings. The van der Waals surface area contributed by atoms with E-state index in [0.29, 0.717) is 0 Å². The van der Waals surface area contributed by atoms with Crippen LogP contribution in [0.15, 0.2) is 0 Å².